The number of nitrogens with one attached hydrogen (secondary N) is 2. The lowest BCUT2D eigenvalue weighted by atomic mass is 10.0. The molecule has 3 aromatic rings. The molecule has 1 unspecified atom stereocenters. The molecule has 1 aromatic carbocycles. The third-order valence-corrected chi connectivity index (χ3v) is 3.99. The number of aryl methyl sites for hydroxylation is 1. The minimum absolute atomic E-state index is 0.119. The van der Waals surface area contributed by atoms with Crippen molar-refractivity contribution in [3.8, 4) is 0 Å². The number of rotatable bonds is 4. The molecule has 8 heteroatoms. The van der Waals surface area contributed by atoms with Crippen LogP contribution in [0.4, 0.5) is 14.5 Å². The molecule has 0 saturated heterocycles. The Morgan fingerprint density at radius 2 is 2.08 bits per heavy atom. The molecule has 2 heterocycles. The summed E-state index contributed by atoms with van der Waals surface area (Å²) >= 11 is 0. The Morgan fingerprint density at radius 3 is 2.79 bits per heavy atom. The number of hydrogen-bond donors (Lipinski definition) is 2. The van der Waals surface area contributed by atoms with Gasteiger partial charge in [0.25, 0.3) is 0 Å². The van der Waals surface area contributed by atoms with Crippen LogP contribution in [0.25, 0.3) is 11.0 Å². The number of halogens is 2. The zero-order valence-electron chi connectivity index (χ0n) is 12.8. The van der Waals surface area contributed by atoms with Crippen molar-refractivity contribution in [1.29, 1.82) is 0 Å². The van der Waals surface area contributed by atoms with Gasteiger partial charge in [0.15, 0.2) is 5.82 Å². The molecule has 0 aliphatic rings. The maximum Gasteiger partial charge on any atom is 0.201 e. The molecule has 0 bridgehead atoms. The predicted octanol–water partition coefficient (Wildman–Crippen LogP) is 3.09. The molecule has 0 fully saturated rings. The molecule has 0 aliphatic carbocycles. The van der Waals surface area contributed by atoms with Crippen molar-refractivity contribution in [1.82, 2.24) is 9.97 Å². The van der Waals surface area contributed by atoms with Gasteiger partial charge in [0.2, 0.25) is 5.78 Å². The second-order valence-electron chi connectivity index (χ2n) is 5.28. The van der Waals surface area contributed by atoms with Crippen LogP contribution in [0.2, 0.25) is 0 Å². The maximum absolute atomic E-state index is 14.5. The molecule has 1 atom stereocenters. The standard InChI is InChI=1S/C16H13F2N3O2S/c1-8-5-9-10(7-20-16(9)19-6-8)15(22)13-11(17)3-4-12(14(13)18)21-24(2)23/h3-7,21H,1-2H3,(H,19,20). The second kappa shape index (κ2) is 6.12. The molecule has 2 aromatic heterocycles. The van der Waals surface area contributed by atoms with Gasteiger partial charge in [0.1, 0.15) is 22.5 Å². The Morgan fingerprint density at radius 1 is 1.33 bits per heavy atom. The van der Waals surface area contributed by atoms with Gasteiger partial charge in [-0.05, 0) is 30.7 Å². The highest BCUT2D eigenvalue weighted by Gasteiger charge is 2.24. The van der Waals surface area contributed by atoms with Crippen LogP contribution in [0, 0.1) is 18.6 Å². The third kappa shape index (κ3) is 2.80. The monoisotopic (exact) mass is 349 g/mol. The first-order chi connectivity index (χ1) is 11.4. The molecule has 124 valence electrons. The SMILES string of the molecule is Cc1cnc2[nH]cc(C(=O)c3c(F)ccc(NS(C)=O)c3F)c2c1. The summed E-state index contributed by atoms with van der Waals surface area (Å²) in [5.74, 6) is -2.88. The lowest BCUT2D eigenvalue weighted by molar-refractivity contribution is 0.103. The minimum Gasteiger partial charge on any atom is -0.345 e. The number of benzene rings is 1. The van der Waals surface area contributed by atoms with Crippen LogP contribution in [0.5, 0.6) is 0 Å². The maximum atomic E-state index is 14.5. The number of pyridine rings is 1. The molecular formula is C16H13F2N3O2S. The first-order valence-corrected chi connectivity index (χ1v) is 8.51. The Hall–Kier alpha value is -2.61. The van der Waals surface area contributed by atoms with Gasteiger partial charge in [-0.1, -0.05) is 0 Å². The van der Waals surface area contributed by atoms with E-state index in [1.807, 2.05) is 0 Å². The summed E-state index contributed by atoms with van der Waals surface area (Å²) in [6.45, 7) is 1.80. The van der Waals surface area contributed by atoms with E-state index in [0.717, 1.165) is 17.7 Å². The highest BCUT2D eigenvalue weighted by atomic mass is 32.2. The van der Waals surface area contributed by atoms with E-state index in [-0.39, 0.29) is 11.3 Å². The Kier molecular flexibility index (Phi) is 4.15. The number of ketones is 1. The van der Waals surface area contributed by atoms with Gasteiger partial charge >= 0.3 is 0 Å². The zero-order valence-corrected chi connectivity index (χ0v) is 13.6. The smallest absolute Gasteiger partial charge is 0.201 e. The van der Waals surface area contributed by atoms with E-state index in [9.17, 15) is 17.8 Å². The van der Waals surface area contributed by atoms with Gasteiger partial charge < -0.3 is 9.71 Å². The first kappa shape index (κ1) is 16.3. The molecule has 3 rings (SSSR count). The van der Waals surface area contributed by atoms with Gasteiger partial charge in [0.05, 0.1) is 11.3 Å². The number of fused-ring (bicyclic) bond motifs is 1. The minimum atomic E-state index is -1.56. The second-order valence-corrected chi connectivity index (χ2v) is 6.39. The molecule has 0 saturated carbocycles. The Labute approximate surface area is 138 Å². The number of aromatic nitrogens is 2. The highest BCUT2D eigenvalue weighted by Crippen LogP contribution is 2.27. The van der Waals surface area contributed by atoms with E-state index in [2.05, 4.69) is 14.7 Å². The van der Waals surface area contributed by atoms with Crippen LogP contribution in [0.1, 0.15) is 21.5 Å². The number of H-pyrrole nitrogens is 1. The third-order valence-electron chi connectivity index (χ3n) is 3.48. The van der Waals surface area contributed by atoms with E-state index in [1.165, 1.54) is 12.5 Å². The van der Waals surface area contributed by atoms with Crippen molar-refractivity contribution >= 4 is 33.5 Å². The topological polar surface area (TPSA) is 74.8 Å². The van der Waals surface area contributed by atoms with E-state index >= 15 is 0 Å². The highest BCUT2D eigenvalue weighted by molar-refractivity contribution is 7.85. The lowest BCUT2D eigenvalue weighted by Gasteiger charge is -2.09. The van der Waals surface area contributed by atoms with E-state index in [1.54, 1.807) is 19.2 Å². The molecule has 24 heavy (non-hydrogen) atoms. The van der Waals surface area contributed by atoms with E-state index in [0.29, 0.717) is 11.0 Å². The van der Waals surface area contributed by atoms with Gasteiger partial charge in [-0.25, -0.2) is 18.0 Å². The number of nitrogens with zero attached hydrogens (tertiary/aromatic N) is 1. The predicted molar refractivity (Wildman–Crippen MR) is 88.3 cm³/mol. The lowest BCUT2D eigenvalue weighted by Crippen LogP contribution is -2.11. The van der Waals surface area contributed by atoms with Gasteiger partial charge in [-0.2, -0.15) is 0 Å². The van der Waals surface area contributed by atoms with Crippen molar-refractivity contribution in [2.45, 2.75) is 6.92 Å². The summed E-state index contributed by atoms with van der Waals surface area (Å²) in [4.78, 5) is 19.6. The zero-order chi connectivity index (χ0) is 17.4. The van der Waals surface area contributed by atoms with Crippen molar-refractivity contribution in [3.63, 3.8) is 0 Å². The van der Waals surface area contributed by atoms with Crippen LogP contribution in [0.3, 0.4) is 0 Å². The van der Waals surface area contributed by atoms with Crippen LogP contribution >= 0.6 is 0 Å². The quantitative estimate of drug-likeness (QED) is 0.711. The fourth-order valence-electron chi connectivity index (χ4n) is 2.42. The fraction of sp³-hybridized carbons (Fsp3) is 0.125. The van der Waals surface area contributed by atoms with Crippen molar-refractivity contribution < 1.29 is 17.8 Å². The van der Waals surface area contributed by atoms with Crippen molar-refractivity contribution in [3.05, 3.63) is 58.9 Å². The van der Waals surface area contributed by atoms with Gasteiger partial charge in [-0.3, -0.25) is 4.79 Å². The van der Waals surface area contributed by atoms with Crippen LogP contribution in [-0.4, -0.2) is 26.2 Å². The van der Waals surface area contributed by atoms with Crippen LogP contribution in [0.15, 0.2) is 30.6 Å². The van der Waals surface area contributed by atoms with E-state index in [4.69, 9.17) is 0 Å². The normalized spacial score (nSPS) is 12.3. The fourth-order valence-corrected chi connectivity index (χ4v) is 2.89. The summed E-state index contributed by atoms with van der Waals surface area (Å²) in [6.07, 6.45) is 4.30. The molecule has 0 radical (unpaired) electrons. The number of hydrogen-bond acceptors (Lipinski definition) is 3. The summed E-state index contributed by atoms with van der Waals surface area (Å²) < 4.78 is 42.2. The molecular weight excluding hydrogens is 336 g/mol. The summed E-state index contributed by atoms with van der Waals surface area (Å²) in [7, 11) is -1.56. The number of anilines is 1. The number of carbonyl (C=O) groups is 1. The largest absolute Gasteiger partial charge is 0.345 e. The Bertz CT molecular complexity index is 985. The van der Waals surface area contributed by atoms with Gasteiger partial charge in [0, 0.05) is 29.6 Å². The molecule has 0 aliphatic heterocycles. The van der Waals surface area contributed by atoms with Crippen LogP contribution < -0.4 is 4.72 Å². The molecule has 0 spiro atoms. The summed E-state index contributed by atoms with van der Waals surface area (Å²) in [5.41, 5.74) is 0.485. The number of carbonyl (C=O) groups excluding carboxylic acids is 1. The van der Waals surface area contributed by atoms with Crippen molar-refractivity contribution in [2.75, 3.05) is 11.0 Å². The van der Waals surface area contributed by atoms with Crippen molar-refractivity contribution in [2.24, 2.45) is 0 Å². The number of aromatic amines is 1. The summed E-state index contributed by atoms with van der Waals surface area (Å²) in [5, 5.41) is 0.483. The molecule has 2 N–H and O–H groups in total. The van der Waals surface area contributed by atoms with E-state index < -0.39 is 34.0 Å². The first-order valence-electron chi connectivity index (χ1n) is 6.95. The molecule has 0 amide bonds. The summed E-state index contributed by atoms with van der Waals surface area (Å²) in [6, 6.07) is 3.78. The molecule has 5 nitrogen and oxygen atoms in total. The van der Waals surface area contributed by atoms with Crippen LogP contribution in [-0.2, 0) is 11.0 Å². The van der Waals surface area contributed by atoms with Gasteiger partial charge in [-0.15, -0.1) is 0 Å². The average Bonchev–Trinajstić information content (AvgIpc) is 2.92. The average molecular weight is 349 g/mol. The Balaban J connectivity index is 2.15.